The molecule has 6 amide bonds. The summed E-state index contributed by atoms with van der Waals surface area (Å²) in [5, 5.41) is 28.5. The van der Waals surface area contributed by atoms with Gasteiger partial charge in [-0.25, -0.2) is 9.52 Å². The van der Waals surface area contributed by atoms with Crippen LogP contribution in [0.15, 0.2) is 42.6 Å². The Kier molecular flexibility index (Phi) is 22.0. The molecule has 0 saturated heterocycles. The maximum Gasteiger partial charge on any atom is 0.253 e. The van der Waals surface area contributed by atoms with Crippen LogP contribution in [0.4, 0.5) is 5.69 Å². The number of hydrogen-bond acceptors (Lipinski definition) is 13. The first-order chi connectivity index (χ1) is 30.0. The first-order valence-electron chi connectivity index (χ1n) is 21.6. The zero-order valence-electron chi connectivity index (χ0n) is 37.3. The summed E-state index contributed by atoms with van der Waals surface area (Å²) in [7, 11) is 1.25. The molecule has 7 N–H and O–H groups in total. The summed E-state index contributed by atoms with van der Waals surface area (Å²) in [5.74, 6) is -0.973. The Labute approximate surface area is 369 Å². The third-order valence-corrected chi connectivity index (χ3v) is 10.6. The molecule has 2 heterocycles. The first-order valence-corrected chi connectivity index (χ1v) is 21.6. The molecule has 1 unspecified atom stereocenters. The molecule has 0 bridgehead atoms. The maximum atomic E-state index is 12.8. The number of aliphatic hydroxyl groups is 1. The number of aliphatic hydroxyl groups excluding tert-OH is 1. The molecule has 1 aliphatic heterocycles. The Morgan fingerprint density at radius 2 is 1.63 bits per heavy atom. The number of imide groups is 1. The molecular weight excluding hydrogens is 817 g/mol. The quantitative estimate of drug-likeness (QED) is 0.0474. The van der Waals surface area contributed by atoms with E-state index in [2.05, 4.69) is 45.4 Å². The van der Waals surface area contributed by atoms with Crippen molar-refractivity contribution in [3.05, 3.63) is 58.8 Å². The SMILES string of the molecule is CC(C)(CCO)n1cc(CNC(=O)C2CCC(CN3C(=O)C=CC3=O)CC2)nn1.CC(C)CCNC(=O)COCC(=O)NC(CCCCN)C(=O)Nc1ccc(CO[N+](C)=O)cc1. The van der Waals surface area contributed by atoms with Crippen LogP contribution >= 0.6 is 0 Å². The summed E-state index contributed by atoms with van der Waals surface area (Å²) in [6, 6.07) is 6.03. The van der Waals surface area contributed by atoms with Gasteiger partial charge in [-0.15, -0.1) is 5.10 Å². The van der Waals surface area contributed by atoms with Crippen molar-refractivity contribution < 1.29 is 48.4 Å². The monoisotopic (exact) mass is 884 g/mol. The van der Waals surface area contributed by atoms with Gasteiger partial charge < -0.3 is 36.8 Å². The lowest BCUT2D eigenvalue weighted by Gasteiger charge is -2.29. The minimum Gasteiger partial charge on any atom is -0.396 e. The van der Waals surface area contributed by atoms with Gasteiger partial charge in [-0.05, 0) is 108 Å². The molecule has 1 aromatic heterocycles. The number of nitrogens with zero attached hydrogens (tertiary/aromatic N) is 5. The molecule has 1 aromatic carbocycles. The zero-order chi connectivity index (χ0) is 46.4. The van der Waals surface area contributed by atoms with Gasteiger partial charge in [0.2, 0.25) is 35.6 Å². The number of hydrogen-bond donors (Lipinski definition) is 6. The Balaban J connectivity index is 0.000000339. The van der Waals surface area contributed by atoms with Crippen LogP contribution in [0.1, 0.15) is 96.7 Å². The number of benzene rings is 1. The lowest BCUT2D eigenvalue weighted by molar-refractivity contribution is -0.789. The topological polar surface area (TPSA) is 269 Å². The zero-order valence-corrected chi connectivity index (χ0v) is 37.3. The van der Waals surface area contributed by atoms with E-state index in [1.54, 1.807) is 35.1 Å². The summed E-state index contributed by atoms with van der Waals surface area (Å²) in [6.07, 6.45) is 10.8. The minimum absolute atomic E-state index is 0.00242. The van der Waals surface area contributed by atoms with Gasteiger partial charge in [0.1, 0.15) is 24.9 Å². The number of anilines is 1. The van der Waals surface area contributed by atoms with Crippen molar-refractivity contribution in [2.75, 3.05) is 51.8 Å². The fraction of sp³-hybridized carbons (Fsp3) is 0.628. The number of rotatable bonds is 25. The predicted octanol–water partition coefficient (Wildman–Crippen LogP) is 2.00. The van der Waals surface area contributed by atoms with Gasteiger partial charge >= 0.3 is 0 Å². The molecule has 0 radical (unpaired) electrons. The summed E-state index contributed by atoms with van der Waals surface area (Å²) in [5.41, 5.74) is 7.18. The van der Waals surface area contributed by atoms with Gasteiger partial charge in [0.15, 0.2) is 6.61 Å². The van der Waals surface area contributed by atoms with Crippen molar-refractivity contribution in [2.24, 2.45) is 23.5 Å². The second kappa shape index (κ2) is 26.8. The summed E-state index contributed by atoms with van der Waals surface area (Å²) in [6.45, 7) is 9.48. The van der Waals surface area contributed by atoms with Crippen molar-refractivity contribution >= 4 is 41.1 Å². The fourth-order valence-electron chi connectivity index (χ4n) is 6.73. The van der Waals surface area contributed by atoms with Gasteiger partial charge in [-0.3, -0.25) is 33.7 Å². The predicted molar refractivity (Wildman–Crippen MR) is 232 cm³/mol. The van der Waals surface area contributed by atoms with Crippen LogP contribution in [0.5, 0.6) is 0 Å². The van der Waals surface area contributed by atoms with Crippen molar-refractivity contribution in [3.63, 3.8) is 0 Å². The number of nitrogens with one attached hydrogen (secondary N) is 4. The molecule has 1 saturated carbocycles. The Bertz CT molecular complexity index is 1820. The highest BCUT2D eigenvalue weighted by molar-refractivity contribution is 6.12. The van der Waals surface area contributed by atoms with E-state index in [1.807, 2.05) is 13.8 Å². The number of amides is 6. The molecule has 1 fully saturated rings. The third kappa shape index (κ3) is 19.1. The second-order valence-electron chi connectivity index (χ2n) is 16.8. The molecule has 2 aromatic rings. The van der Waals surface area contributed by atoms with E-state index in [0.717, 1.165) is 44.1 Å². The molecule has 0 spiro atoms. The highest BCUT2D eigenvalue weighted by atomic mass is 16.8. The molecule has 1 atom stereocenters. The smallest absolute Gasteiger partial charge is 0.253 e. The van der Waals surface area contributed by atoms with Crippen molar-refractivity contribution in [1.82, 2.24) is 35.8 Å². The van der Waals surface area contributed by atoms with Gasteiger partial charge in [0.05, 0.1) is 23.2 Å². The average molecular weight is 884 g/mol. The molecular formula is C43H67N10O10+. The summed E-state index contributed by atoms with van der Waals surface area (Å²) < 4.78 is 6.89. The van der Waals surface area contributed by atoms with Crippen LogP contribution in [0.2, 0.25) is 0 Å². The van der Waals surface area contributed by atoms with E-state index < -0.39 is 11.9 Å². The van der Waals surface area contributed by atoms with E-state index in [-0.39, 0.29) is 73.3 Å². The highest BCUT2D eigenvalue weighted by Gasteiger charge is 2.31. The van der Waals surface area contributed by atoms with Crippen LogP contribution in [-0.4, -0.2) is 118 Å². The van der Waals surface area contributed by atoms with Crippen LogP contribution in [0.25, 0.3) is 0 Å². The highest BCUT2D eigenvalue weighted by Crippen LogP contribution is 2.30. The fourth-order valence-corrected chi connectivity index (χ4v) is 6.73. The Morgan fingerprint density at radius 3 is 2.25 bits per heavy atom. The van der Waals surface area contributed by atoms with Crippen molar-refractivity contribution in [1.29, 1.82) is 0 Å². The minimum atomic E-state index is -0.778. The van der Waals surface area contributed by atoms with Crippen LogP contribution in [0.3, 0.4) is 0 Å². The Hall–Kier alpha value is -5.60. The summed E-state index contributed by atoms with van der Waals surface area (Å²) >= 11 is 0. The molecule has 2 aliphatic rings. The van der Waals surface area contributed by atoms with Crippen molar-refractivity contribution in [3.8, 4) is 0 Å². The van der Waals surface area contributed by atoms with E-state index >= 15 is 0 Å². The number of ether oxygens (including phenoxy) is 1. The molecule has 4 rings (SSSR count). The number of aromatic nitrogens is 3. The Morgan fingerprint density at radius 1 is 0.968 bits per heavy atom. The van der Waals surface area contributed by atoms with Gasteiger partial charge in [-0.2, -0.15) is 0 Å². The number of carbonyl (C=O) groups is 6. The van der Waals surface area contributed by atoms with Gasteiger partial charge in [0.25, 0.3) is 11.8 Å². The van der Waals surface area contributed by atoms with Crippen LogP contribution in [-0.2, 0) is 57.0 Å². The normalized spacial score (nSPS) is 16.5. The van der Waals surface area contributed by atoms with Crippen LogP contribution < -0.4 is 27.0 Å². The van der Waals surface area contributed by atoms with Crippen LogP contribution in [0, 0.1) is 22.7 Å². The average Bonchev–Trinajstić information content (AvgIpc) is 3.86. The largest absolute Gasteiger partial charge is 0.396 e. The number of carbonyl (C=O) groups excluding carboxylic acids is 6. The molecule has 63 heavy (non-hydrogen) atoms. The number of unbranched alkanes of at least 4 members (excludes halogenated alkanes) is 1. The molecule has 1 aliphatic carbocycles. The molecule has 348 valence electrons. The lowest BCUT2D eigenvalue weighted by atomic mass is 9.81. The van der Waals surface area contributed by atoms with E-state index in [1.165, 1.54) is 24.1 Å². The van der Waals surface area contributed by atoms with Gasteiger partial charge in [0, 0.05) is 43.5 Å². The van der Waals surface area contributed by atoms with Gasteiger partial charge in [-0.1, -0.05) is 31.2 Å². The molecule has 20 heteroatoms. The number of nitrogens with two attached hydrogens (primary N) is 1. The van der Waals surface area contributed by atoms with E-state index in [9.17, 15) is 33.7 Å². The summed E-state index contributed by atoms with van der Waals surface area (Å²) in [4.78, 5) is 90.0. The van der Waals surface area contributed by atoms with Crippen molar-refractivity contribution in [2.45, 2.75) is 110 Å². The molecule has 20 nitrogen and oxygen atoms in total. The van der Waals surface area contributed by atoms with E-state index in [0.29, 0.717) is 67.7 Å². The first kappa shape index (κ1) is 51.7. The second-order valence-corrected chi connectivity index (χ2v) is 16.8. The lowest BCUT2D eigenvalue weighted by Crippen LogP contribution is -2.45. The standard InChI is InChI=1S/C23H37N5O6.C20H29N5O4/c1-17(2)11-13-25-21(29)15-33-16-22(30)27-20(6-4-5-12-24)23(31)26-19-9-7-18(8-10-19)14-34-28(3)32;1-20(2,9-10-26)25-13-16(22-23-25)11-21-19(29)15-5-3-14(4-6-15)12-24-17(27)7-8-18(24)28/h7-10,17,20H,4-6,11-16,24H2,1-3H3,(H2-,25,26,27,29,30,31);7-8,13-15,26H,3-6,9-12H2,1-2H3,(H,21,29)/p+1. The van der Waals surface area contributed by atoms with E-state index in [4.69, 9.17) is 20.4 Å². The third-order valence-electron chi connectivity index (χ3n) is 10.6. The maximum absolute atomic E-state index is 12.8.